The lowest BCUT2D eigenvalue weighted by molar-refractivity contribution is 0.487. The summed E-state index contributed by atoms with van der Waals surface area (Å²) < 4.78 is 11.3. The fourth-order valence-electron chi connectivity index (χ4n) is 0.231. The summed E-state index contributed by atoms with van der Waals surface area (Å²) in [4.78, 5) is 0. The summed E-state index contributed by atoms with van der Waals surface area (Å²) in [5, 5.41) is 0. The van der Waals surface area contributed by atoms with Crippen molar-refractivity contribution in [2.45, 2.75) is 12.5 Å². The first-order valence-electron chi connectivity index (χ1n) is 2.11. The quantitative estimate of drug-likeness (QED) is 0.439. The van der Waals surface area contributed by atoms with Gasteiger partial charge in [0.25, 0.3) is 0 Å². The molecule has 0 N–H and O–H groups in total. The molecule has 0 atom stereocenters. The third-order valence-electron chi connectivity index (χ3n) is 0.556. The molecule has 0 aromatic rings. The van der Waals surface area contributed by atoms with E-state index >= 15 is 0 Å². The number of rotatable bonds is 3. The second-order valence-electron chi connectivity index (χ2n) is 1.22. The van der Waals surface area contributed by atoms with Crippen molar-refractivity contribution in [1.82, 2.24) is 0 Å². The Morgan fingerprint density at radius 2 is 2.00 bits per heavy atom. The summed E-state index contributed by atoms with van der Waals surface area (Å²) in [6.45, 7) is -0.289. The average Bonchev–Trinajstić information content (AvgIpc) is 1.61. The van der Waals surface area contributed by atoms with E-state index < -0.39 is 7.42 Å². The molecule has 0 aromatic carbocycles. The van der Waals surface area contributed by atoms with Gasteiger partial charge in [0.2, 0.25) is 7.42 Å². The van der Waals surface area contributed by atoms with E-state index in [2.05, 4.69) is 0 Å². The Kier molecular flexibility index (Phi) is 5.38. The van der Waals surface area contributed by atoms with Crippen LogP contribution in [0, 0.1) is 0 Å². The molecule has 0 fully saturated rings. The number of halogens is 3. The first-order valence-corrected chi connectivity index (χ1v) is 6.42. The van der Waals surface area contributed by atoms with E-state index in [4.69, 9.17) is 22.2 Å². The van der Waals surface area contributed by atoms with Crippen molar-refractivity contribution >= 4 is 29.6 Å². The molecule has 0 aromatic heterocycles. The van der Waals surface area contributed by atoms with Crippen LogP contribution in [-0.2, 0) is 0 Å². The van der Waals surface area contributed by atoms with Crippen LogP contribution in [0.1, 0.15) is 6.42 Å². The molecule has 0 heterocycles. The molecule has 44 valence electrons. The minimum absolute atomic E-state index is 0.289. The molecule has 4 heteroatoms. The molecule has 7 heavy (non-hydrogen) atoms. The first kappa shape index (κ1) is 7.73. The maximum atomic E-state index is 11.3. The van der Waals surface area contributed by atoms with Gasteiger partial charge in [0, 0.05) is 0 Å². The van der Waals surface area contributed by atoms with Gasteiger partial charge in [0.05, 0.1) is 6.67 Å². The standard InChI is InChI=1S/C3H7Cl2FSi/c4-7(5)3-1-2-6/h7H,1-3H2. The van der Waals surface area contributed by atoms with Crippen molar-refractivity contribution in [3.05, 3.63) is 0 Å². The van der Waals surface area contributed by atoms with Crippen LogP contribution in [0.4, 0.5) is 4.39 Å². The zero-order chi connectivity index (χ0) is 5.70. The minimum Gasteiger partial charge on any atom is -0.251 e. The van der Waals surface area contributed by atoms with Gasteiger partial charge in [-0.2, -0.15) is 22.2 Å². The van der Waals surface area contributed by atoms with E-state index in [1.165, 1.54) is 0 Å². The molecule has 0 aliphatic rings. The maximum Gasteiger partial charge on any atom is 0.237 e. The van der Waals surface area contributed by atoms with Crippen molar-refractivity contribution in [2.24, 2.45) is 0 Å². The van der Waals surface area contributed by atoms with Crippen LogP contribution in [0.15, 0.2) is 0 Å². The second-order valence-corrected chi connectivity index (χ2v) is 6.41. The van der Waals surface area contributed by atoms with Gasteiger partial charge >= 0.3 is 0 Å². The Bertz CT molecular complexity index is 41.9. The minimum atomic E-state index is -1.48. The van der Waals surface area contributed by atoms with E-state index in [0.717, 1.165) is 0 Å². The summed E-state index contributed by atoms with van der Waals surface area (Å²) in [5.41, 5.74) is 0. The van der Waals surface area contributed by atoms with E-state index in [-0.39, 0.29) is 6.67 Å². The van der Waals surface area contributed by atoms with Gasteiger partial charge < -0.3 is 0 Å². The predicted octanol–water partition coefficient (Wildman–Crippen LogP) is 2.04. The molecule has 0 amide bonds. The van der Waals surface area contributed by atoms with Crippen LogP contribution in [0.25, 0.3) is 0 Å². The molecule has 0 rings (SSSR count). The Labute approximate surface area is 53.6 Å². The summed E-state index contributed by atoms with van der Waals surface area (Å²) in [7, 11) is -1.48. The predicted molar refractivity (Wildman–Crippen MR) is 34.3 cm³/mol. The fourth-order valence-corrected chi connectivity index (χ4v) is 1.62. The largest absolute Gasteiger partial charge is 0.251 e. The molecule has 0 aliphatic heterocycles. The van der Waals surface area contributed by atoms with Gasteiger partial charge in [0.15, 0.2) is 0 Å². The Balaban J connectivity index is 2.68. The molecule has 0 spiro atoms. The van der Waals surface area contributed by atoms with Crippen molar-refractivity contribution < 1.29 is 4.39 Å². The highest BCUT2D eigenvalue weighted by Gasteiger charge is 1.98. The molecule has 0 saturated heterocycles. The number of hydrogen-bond donors (Lipinski definition) is 0. The van der Waals surface area contributed by atoms with Crippen LogP contribution in [0.2, 0.25) is 6.04 Å². The van der Waals surface area contributed by atoms with Crippen LogP contribution in [0.5, 0.6) is 0 Å². The lowest BCUT2D eigenvalue weighted by Gasteiger charge is -1.90. The Hall–Kier alpha value is 0.727. The van der Waals surface area contributed by atoms with Crippen molar-refractivity contribution in [3.8, 4) is 0 Å². The van der Waals surface area contributed by atoms with Gasteiger partial charge in [-0.05, 0) is 12.5 Å². The van der Waals surface area contributed by atoms with Gasteiger partial charge in [0.1, 0.15) is 0 Å². The highest BCUT2D eigenvalue weighted by atomic mass is 35.7. The topological polar surface area (TPSA) is 0 Å². The van der Waals surface area contributed by atoms with Gasteiger partial charge in [-0.25, -0.2) is 0 Å². The third kappa shape index (κ3) is 6.73. The molecule has 0 saturated carbocycles. The molecule has 0 unspecified atom stereocenters. The summed E-state index contributed by atoms with van der Waals surface area (Å²) >= 11 is 10.8. The Morgan fingerprint density at radius 1 is 1.43 bits per heavy atom. The van der Waals surface area contributed by atoms with Crippen molar-refractivity contribution in [1.29, 1.82) is 0 Å². The zero-order valence-electron chi connectivity index (χ0n) is 3.83. The molecule has 0 radical (unpaired) electrons. The molecule has 0 aliphatic carbocycles. The Morgan fingerprint density at radius 3 is 2.14 bits per heavy atom. The molecule has 0 nitrogen and oxygen atoms in total. The van der Waals surface area contributed by atoms with Gasteiger partial charge in [-0.3, -0.25) is 4.39 Å². The van der Waals surface area contributed by atoms with Gasteiger partial charge in [-0.15, -0.1) is 0 Å². The zero-order valence-corrected chi connectivity index (χ0v) is 6.50. The maximum absolute atomic E-state index is 11.3. The highest BCUT2D eigenvalue weighted by molar-refractivity contribution is 7.33. The molecular weight excluding hydrogens is 154 g/mol. The van der Waals surface area contributed by atoms with Crippen LogP contribution in [0.3, 0.4) is 0 Å². The van der Waals surface area contributed by atoms with Gasteiger partial charge in [-0.1, -0.05) is 0 Å². The fraction of sp³-hybridized carbons (Fsp3) is 1.00. The van der Waals surface area contributed by atoms with Crippen molar-refractivity contribution in [3.63, 3.8) is 0 Å². The van der Waals surface area contributed by atoms with Crippen molar-refractivity contribution in [2.75, 3.05) is 6.67 Å². The van der Waals surface area contributed by atoms with E-state index in [9.17, 15) is 4.39 Å². The van der Waals surface area contributed by atoms with Crippen LogP contribution >= 0.6 is 22.2 Å². The molecule has 0 bridgehead atoms. The van der Waals surface area contributed by atoms with E-state index in [1.807, 2.05) is 0 Å². The smallest absolute Gasteiger partial charge is 0.237 e. The highest BCUT2D eigenvalue weighted by Crippen LogP contribution is 2.05. The second kappa shape index (κ2) is 4.88. The number of alkyl halides is 1. The third-order valence-corrected chi connectivity index (χ3v) is 2.71. The van der Waals surface area contributed by atoms with Crippen LogP contribution < -0.4 is 0 Å². The lowest BCUT2D eigenvalue weighted by Crippen LogP contribution is -1.90. The summed E-state index contributed by atoms with van der Waals surface area (Å²) in [6.07, 6.45) is 0.532. The SMILES string of the molecule is FCCC[SiH](Cl)Cl. The van der Waals surface area contributed by atoms with E-state index in [1.54, 1.807) is 0 Å². The summed E-state index contributed by atoms with van der Waals surface area (Å²) in [6, 6.07) is 0.694. The lowest BCUT2D eigenvalue weighted by atomic mass is 10.6. The summed E-state index contributed by atoms with van der Waals surface area (Å²) in [5.74, 6) is 0. The molecular formula is C3H7Cl2FSi. The first-order chi connectivity index (χ1) is 3.27. The van der Waals surface area contributed by atoms with Crippen LogP contribution in [-0.4, -0.2) is 14.1 Å². The monoisotopic (exact) mass is 160 g/mol. The average molecular weight is 161 g/mol. The van der Waals surface area contributed by atoms with E-state index in [0.29, 0.717) is 12.5 Å². The number of hydrogen-bond acceptors (Lipinski definition) is 0. The normalized spacial score (nSPS) is 10.3.